The first-order valence-electron chi connectivity index (χ1n) is 5.66. The van der Waals surface area contributed by atoms with E-state index in [9.17, 15) is 0 Å². The Labute approximate surface area is 96.0 Å². The molecule has 0 fully saturated rings. The number of fused-ring (bicyclic) bond motifs is 3. The van der Waals surface area contributed by atoms with E-state index in [0.717, 1.165) is 6.54 Å². The van der Waals surface area contributed by atoms with Crippen LogP contribution in [0.5, 0.6) is 0 Å². The van der Waals surface area contributed by atoms with Crippen LogP contribution in [0.2, 0.25) is 0 Å². The smallest absolute Gasteiger partial charge is 0.0446 e. The van der Waals surface area contributed by atoms with Gasteiger partial charge in [-0.3, -0.25) is 0 Å². The van der Waals surface area contributed by atoms with Gasteiger partial charge in [0, 0.05) is 24.8 Å². The van der Waals surface area contributed by atoms with Crippen LogP contribution < -0.4 is 4.90 Å². The van der Waals surface area contributed by atoms with Gasteiger partial charge in [0.1, 0.15) is 0 Å². The summed E-state index contributed by atoms with van der Waals surface area (Å²) in [6.07, 6.45) is 2.32. The number of anilines is 1. The quantitative estimate of drug-likeness (QED) is 0.639. The highest BCUT2D eigenvalue weighted by Gasteiger charge is 2.14. The molecule has 3 rings (SSSR count). The molecule has 1 heteroatoms. The molecule has 0 atom stereocenters. The fourth-order valence-electron chi connectivity index (χ4n) is 2.52. The van der Waals surface area contributed by atoms with Crippen molar-refractivity contribution >= 4 is 22.5 Å². The molecule has 0 aromatic heterocycles. The highest BCUT2D eigenvalue weighted by Crippen LogP contribution is 2.33. The zero-order chi connectivity index (χ0) is 11.1. The van der Waals surface area contributed by atoms with E-state index < -0.39 is 0 Å². The first kappa shape index (κ1) is 9.46. The van der Waals surface area contributed by atoms with Crippen LogP contribution in [0.4, 0.5) is 5.69 Å². The Balaban J connectivity index is 2.39. The van der Waals surface area contributed by atoms with Gasteiger partial charge in [0.2, 0.25) is 0 Å². The minimum absolute atomic E-state index is 1.03. The molecule has 0 saturated heterocycles. The molecule has 0 radical (unpaired) electrons. The van der Waals surface area contributed by atoms with Crippen LogP contribution in [0.3, 0.4) is 0 Å². The summed E-state index contributed by atoms with van der Waals surface area (Å²) in [5.74, 6) is 0. The lowest BCUT2D eigenvalue weighted by molar-refractivity contribution is 0.974. The van der Waals surface area contributed by atoms with Gasteiger partial charge in [-0.1, -0.05) is 42.0 Å². The standard InChI is InChI=1S/C15H15N/c1-11-9-14-13-6-4-3-5-12(13)7-8-15(14)16(2)10-11/h3-9H,10H2,1-2H3. The molecular weight excluding hydrogens is 194 g/mol. The number of benzene rings is 2. The van der Waals surface area contributed by atoms with E-state index in [4.69, 9.17) is 0 Å². The fourth-order valence-corrected chi connectivity index (χ4v) is 2.52. The van der Waals surface area contributed by atoms with E-state index in [1.54, 1.807) is 0 Å². The highest BCUT2D eigenvalue weighted by atomic mass is 15.1. The summed E-state index contributed by atoms with van der Waals surface area (Å²) in [7, 11) is 2.16. The molecule has 0 N–H and O–H groups in total. The monoisotopic (exact) mass is 209 g/mol. The molecular formula is C15H15N. The highest BCUT2D eigenvalue weighted by molar-refractivity contribution is 5.97. The number of rotatable bonds is 0. The van der Waals surface area contributed by atoms with Crippen molar-refractivity contribution in [2.45, 2.75) is 6.92 Å². The van der Waals surface area contributed by atoms with Crippen molar-refractivity contribution in [2.75, 3.05) is 18.5 Å². The number of hydrogen-bond acceptors (Lipinski definition) is 1. The van der Waals surface area contributed by atoms with Gasteiger partial charge >= 0.3 is 0 Å². The molecule has 16 heavy (non-hydrogen) atoms. The maximum atomic E-state index is 2.32. The van der Waals surface area contributed by atoms with Gasteiger partial charge in [0.15, 0.2) is 0 Å². The van der Waals surface area contributed by atoms with E-state index in [1.165, 1.54) is 27.6 Å². The van der Waals surface area contributed by atoms with Gasteiger partial charge in [-0.05, 0) is 23.8 Å². The summed E-state index contributed by atoms with van der Waals surface area (Å²) in [5.41, 5.74) is 4.13. The zero-order valence-corrected chi connectivity index (χ0v) is 9.70. The first-order valence-corrected chi connectivity index (χ1v) is 5.66. The lowest BCUT2D eigenvalue weighted by Gasteiger charge is -2.27. The van der Waals surface area contributed by atoms with Crippen molar-refractivity contribution in [3.8, 4) is 0 Å². The molecule has 0 saturated carbocycles. The molecule has 1 nitrogen and oxygen atoms in total. The lowest BCUT2D eigenvalue weighted by atomic mass is 9.97. The third-order valence-corrected chi connectivity index (χ3v) is 3.24. The summed E-state index contributed by atoms with van der Waals surface area (Å²) in [4.78, 5) is 2.32. The first-order chi connectivity index (χ1) is 7.75. The number of likely N-dealkylation sites (N-methyl/N-ethyl adjacent to an activating group) is 1. The van der Waals surface area contributed by atoms with Crippen molar-refractivity contribution < 1.29 is 0 Å². The normalized spacial score (nSPS) is 14.9. The van der Waals surface area contributed by atoms with Crippen LogP contribution in [-0.2, 0) is 0 Å². The molecule has 1 heterocycles. The molecule has 2 aromatic carbocycles. The van der Waals surface area contributed by atoms with E-state index in [0.29, 0.717) is 0 Å². The van der Waals surface area contributed by atoms with Crippen LogP contribution in [0.1, 0.15) is 12.5 Å². The van der Waals surface area contributed by atoms with Gasteiger partial charge < -0.3 is 4.90 Å². The second kappa shape index (κ2) is 3.38. The van der Waals surface area contributed by atoms with Gasteiger partial charge in [-0.2, -0.15) is 0 Å². The predicted octanol–water partition coefficient (Wildman–Crippen LogP) is 3.69. The Morgan fingerprint density at radius 3 is 2.75 bits per heavy atom. The summed E-state index contributed by atoms with van der Waals surface area (Å²) in [6, 6.07) is 13.0. The Morgan fingerprint density at radius 1 is 1.06 bits per heavy atom. The second-order valence-corrected chi connectivity index (χ2v) is 4.57. The van der Waals surface area contributed by atoms with Crippen molar-refractivity contribution in [2.24, 2.45) is 0 Å². The Kier molecular flexibility index (Phi) is 2.00. The SMILES string of the molecule is CC1=Cc2c(ccc3ccccc23)N(C)C1. The third-order valence-electron chi connectivity index (χ3n) is 3.24. The number of hydrogen-bond donors (Lipinski definition) is 0. The molecule has 0 aliphatic carbocycles. The van der Waals surface area contributed by atoms with Crippen LogP contribution in [0.25, 0.3) is 16.8 Å². The fraction of sp³-hybridized carbons (Fsp3) is 0.200. The van der Waals surface area contributed by atoms with Gasteiger partial charge in [-0.15, -0.1) is 0 Å². The van der Waals surface area contributed by atoms with Crippen LogP contribution >= 0.6 is 0 Å². The average Bonchev–Trinajstić information content (AvgIpc) is 2.28. The van der Waals surface area contributed by atoms with E-state index in [2.05, 4.69) is 61.3 Å². The molecule has 0 spiro atoms. The Bertz CT molecular complexity index is 581. The topological polar surface area (TPSA) is 3.24 Å². The Morgan fingerprint density at radius 2 is 1.88 bits per heavy atom. The van der Waals surface area contributed by atoms with E-state index in [1.807, 2.05) is 0 Å². The molecule has 0 amide bonds. The minimum Gasteiger partial charge on any atom is -0.370 e. The van der Waals surface area contributed by atoms with Gasteiger partial charge in [-0.25, -0.2) is 0 Å². The molecule has 80 valence electrons. The van der Waals surface area contributed by atoms with Crippen LogP contribution in [0.15, 0.2) is 42.0 Å². The van der Waals surface area contributed by atoms with Crippen LogP contribution in [-0.4, -0.2) is 13.6 Å². The lowest BCUT2D eigenvalue weighted by Crippen LogP contribution is -2.23. The third kappa shape index (κ3) is 1.32. The second-order valence-electron chi connectivity index (χ2n) is 4.57. The Hall–Kier alpha value is -1.76. The summed E-state index contributed by atoms with van der Waals surface area (Å²) in [6.45, 7) is 3.23. The zero-order valence-electron chi connectivity index (χ0n) is 9.70. The van der Waals surface area contributed by atoms with E-state index >= 15 is 0 Å². The number of nitrogens with zero attached hydrogens (tertiary/aromatic N) is 1. The van der Waals surface area contributed by atoms with Crippen LogP contribution in [0, 0.1) is 0 Å². The minimum atomic E-state index is 1.03. The molecule has 0 unspecified atom stereocenters. The van der Waals surface area contributed by atoms with Crippen molar-refractivity contribution in [1.82, 2.24) is 0 Å². The maximum absolute atomic E-state index is 2.32. The summed E-state index contributed by atoms with van der Waals surface area (Å²) < 4.78 is 0. The molecule has 2 aromatic rings. The predicted molar refractivity (Wildman–Crippen MR) is 70.9 cm³/mol. The molecule has 0 bridgehead atoms. The van der Waals surface area contributed by atoms with Crippen molar-refractivity contribution in [3.63, 3.8) is 0 Å². The average molecular weight is 209 g/mol. The maximum Gasteiger partial charge on any atom is 0.0446 e. The largest absolute Gasteiger partial charge is 0.370 e. The van der Waals surface area contributed by atoms with Crippen molar-refractivity contribution in [1.29, 1.82) is 0 Å². The van der Waals surface area contributed by atoms with Gasteiger partial charge in [0.05, 0.1) is 0 Å². The van der Waals surface area contributed by atoms with Crippen molar-refractivity contribution in [3.05, 3.63) is 47.5 Å². The van der Waals surface area contributed by atoms with E-state index in [-0.39, 0.29) is 0 Å². The van der Waals surface area contributed by atoms with Gasteiger partial charge in [0.25, 0.3) is 0 Å². The summed E-state index contributed by atoms with van der Waals surface area (Å²) in [5, 5.41) is 2.67. The molecule has 1 aliphatic heterocycles. The molecule has 1 aliphatic rings. The summed E-state index contributed by atoms with van der Waals surface area (Å²) >= 11 is 0.